The largest absolute Gasteiger partial charge is 0.464 e. The minimum atomic E-state index is -1.16. The minimum Gasteiger partial charge on any atom is -0.464 e. The summed E-state index contributed by atoms with van der Waals surface area (Å²) in [6.07, 6.45) is 2.07. The maximum atomic E-state index is 13.8. The lowest BCUT2D eigenvalue weighted by molar-refractivity contribution is -0.147. The Morgan fingerprint density at radius 1 is 0.868 bits per heavy atom. The van der Waals surface area contributed by atoms with Crippen molar-refractivity contribution in [2.75, 3.05) is 6.61 Å². The Balaban J connectivity index is 1.46. The molecule has 4 aromatic rings. The van der Waals surface area contributed by atoms with E-state index in [0.29, 0.717) is 0 Å². The van der Waals surface area contributed by atoms with Crippen molar-refractivity contribution in [3.8, 4) is 0 Å². The Morgan fingerprint density at radius 3 is 2.18 bits per heavy atom. The number of nitrogens with one attached hydrogen (secondary N) is 2. The predicted molar refractivity (Wildman–Crippen MR) is 141 cm³/mol. The van der Waals surface area contributed by atoms with Crippen LogP contribution in [0.2, 0.25) is 0 Å². The lowest BCUT2D eigenvalue weighted by Crippen LogP contribution is -2.55. The van der Waals surface area contributed by atoms with Crippen molar-refractivity contribution in [1.29, 1.82) is 0 Å². The van der Waals surface area contributed by atoms with Gasteiger partial charge in [-0.1, -0.05) is 60.7 Å². The number of esters is 1. The first kappa shape index (κ1) is 25.0. The topological polar surface area (TPSA) is 109 Å². The molecule has 0 unspecified atom stereocenters. The van der Waals surface area contributed by atoms with Crippen molar-refractivity contribution in [3.63, 3.8) is 0 Å². The fourth-order valence-corrected chi connectivity index (χ4v) is 4.85. The zero-order valence-corrected chi connectivity index (χ0v) is 20.8. The maximum absolute atomic E-state index is 13.8. The Morgan fingerprint density at radius 2 is 1.50 bits per heavy atom. The molecule has 2 N–H and O–H groups in total. The molecule has 38 heavy (non-hydrogen) atoms. The molecule has 0 radical (unpaired) electrons. The number of aromatic amines is 1. The zero-order valence-electron chi connectivity index (χ0n) is 20.8. The molecule has 0 fully saturated rings. The van der Waals surface area contributed by atoms with Crippen molar-refractivity contribution >= 4 is 34.6 Å². The molecule has 2 heterocycles. The van der Waals surface area contributed by atoms with Crippen molar-refractivity contribution in [2.45, 2.75) is 31.8 Å². The summed E-state index contributed by atoms with van der Waals surface area (Å²) < 4.78 is 5.27. The molecule has 8 heteroatoms. The third kappa shape index (κ3) is 4.80. The summed E-state index contributed by atoms with van der Waals surface area (Å²) in [5, 5.41) is 3.72. The second-order valence-corrected chi connectivity index (χ2v) is 9.11. The van der Waals surface area contributed by atoms with Crippen LogP contribution in [0, 0.1) is 0 Å². The standard InChI is InChI=1S/C30H27N3O5/c1-2-38-30(37)25(17-20-18-31-24-15-9-8-12-21(20)24)32-27(34)26(16-19-10-4-3-5-11-19)33-28(35)22-13-6-7-14-23(22)29(33)36/h3-15,18,25-26,31H,2,16-17H2,1H3,(H,32,34)/t25-,26-/m0/s1. The molecule has 0 aliphatic carbocycles. The number of nitrogens with zero attached hydrogens (tertiary/aromatic N) is 1. The number of fused-ring (bicyclic) bond motifs is 2. The smallest absolute Gasteiger partial charge is 0.328 e. The third-order valence-corrected chi connectivity index (χ3v) is 6.70. The first-order valence-electron chi connectivity index (χ1n) is 12.5. The maximum Gasteiger partial charge on any atom is 0.328 e. The number of rotatable bonds is 9. The summed E-state index contributed by atoms with van der Waals surface area (Å²) in [5.41, 5.74) is 3.02. The fourth-order valence-electron chi connectivity index (χ4n) is 4.85. The van der Waals surface area contributed by atoms with Crippen molar-refractivity contribution in [2.24, 2.45) is 0 Å². The number of hydrogen-bond donors (Lipinski definition) is 2. The summed E-state index contributed by atoms with van der Waals surface area (Å²) in [6, 6.07) is 21.1. The molecule has 0 spiro atoms. The van der Waals surface area contributed by atoms with Gasteiger partial charge in [0.05, 0.1) is 17.7 Å². The summed E-state index contributed by atoms with van der Waals surface area (Å²) in [4.78, 5) is 57.5. The number of para-hydroxylation sites is 1. The highest BCUT2D eigenvalue weighted by molar-refractivity contribution is 6.23. The van der Waals surface area contributed by atoms with Crippen LogP contribution in [0.15, 0.2) is 85.1 Å². The summed E-state index contributed by atoms with van der Waals surface area (Å²) in [6.45, 7) is 1.84. The Hall–Kier alpha value is -4.72. The van der Waals surface area contributed by atoms with E-state index in [4.69, 9.17) is 4.74 Å². The van der Waals surface area contributed by atoms with Crippen LogP contribution in [0.4, 0.5) is 0 Å². The first-order chi connectivity index (χ1) is 18.5. The molecule has 1 aliphatic heterocycles. The number of H-pyrrole nitrogens is 1. The molecular formula is C30H27N3O5. The van der Waals surface area contributed by atoms with E-state index in [1.54, 1.807) is 37.4 Å². The van der Waals surface area contributed by atoms with E-state index >= 15 is 0 Å². The number of hydrogen-bond acceptors (Lipinski definition) is 5. The number of ether oxygens (including phenoxy) is 1. The molecule has 2 atom stereocenters. The van der Waals surface area contributed by atoms with Crippen molar-refractivity contribution in [3.05, 3.63) is 107 Å². The van der Waals surface area contributed by atoms with Crippen LogP contribution in [-0.2, 0) is 27.2 Å². The van der Waals surface area contributed by atoms with Gasteiger partial charge in [-0.15, -0.1) is 0 Å². The van der Waals surface area contributed by atoms with Crippen LogP contribution < -0.4 is 5.32 Å². The van der Waals surface area contributed by atoms with Gasteiger partial charge in [0.25, 0.3) is 11.8 Å². The highest BCUT2D eigenvalue weighted by Crippen LogP contribution is 2.26. The van der Waals surface area contributed by atoms with Gasteiger partial charge < -0.3 is 15.0 Å². The first-order valence-corrected chi connectivity index (χ1v) is 12.5. The fraction of sp³-hybridized carbons (Fsp3) is 0.200. The monoisotopic (exact) mass is 509 g/mol. The lowest BCUT2D eigenvalue weighted by atomic mass is 10.0. The van der Waals surface area contributed by atoms with E-state index in [1.165, 1.54) is 0 Å². The number of carbonyl (C=O) groups excluding carboxylic acids is 4. The van der Waals surface area contributed by atoms with E-state index in [2.05, 4.69) is 10.3 Å². The number of imide groups is 1. The second kappa shape index (κ2) is 10.7. The van der Waals surface area contributed by atoms with E-state index in [0.717, 1.165) is 26.9 Å². The Labute approximate surface area is 219 Å². The van der Waals surface area contributed by atoms with E-state index in [1.807, 2.05) is 54.6 Å². The van der Waals surface area contributed by atoms with Crippen LogP contribution >= 0.6 is 0 Å². The number of amides is 3. The van der Waals surface area contributed by atoms with Gasteiger partial charge in [-0.25, -0.2) is 4.79 Å². The second-order valence-electron chi connectivity index (χ2n) is 9.11. The van der Waals surface area contributed by atoms with Gasteiger partial charge in [0.1, 0.15) is 12.1 Å². The van der Waals surface area contributed by atoms with Crippen LogP contribution in [-0.4, -0.2) is 52.3 Å². The summed E-state index contributed by atoms with van der Waals surface area (Å²) >= 11 is 0. The Kier molecular flexibility index (Phi) is 7.04. The molecule has 0 saturated heterocycles. The van der Waals surface area contributed by atoms with Crippen molar-refractivity contribution in [1.82, 2.24) is 15.2 Å². The van der Waals surface area contributed by atoms with Gasteiger partial charge in [-0.05, 0) is 36.2 Å². The quantitative estimate of drug-likeness (QED) is 0.264. The van der Waals surface area contributed by atoms with E-state index in [-0.39, 0.29) is 30.6 Å². The third-order valence-electron chi connectivity index (χ3n) is 6.70. The van der Waals surface area contributed by atoms with Crippen molar-refractivity contribution < 1.29 is 23.9 Å². The molecule has 5 rings (SSSR count). The minimum absolute atomic E-state index is 0.0980. The normalized spacial score (nSPS) is 14.3. The molecule has 0 bridgehead atoms. The SMILES string of the molecule is CCOC(=O)[C@H](Cc1c[nH]c2ccccc12)NC(=O)[C@H](Cc1ccccc1)N1C(=O)c2ccccc2C1=O. The number of benzene rings is 3. The number of aromatic nitrogens is 1. The highest BCUT2D eigenvalue weighted by atomic mass is 16.5. The van der Waals surface area contributed by atoms with Crippen LogP contribution in [0.1, 0.15) is 38.8 Å². The number of carbonyl (C=O) groups is 4. The molecular weight excluding hydrogens is 482 g/mol. The lowest BCUT2D eigenvalue weighted by Gasteiger charge is -2.27. The zero-order chi connectivity index (χ0) is 26.6. The predicted octanol–water partition coefficient (Wildman–Crippen LogP) is 3.67. The molecule has 3 amide bonds. The van der Waals surface area contributed by atoms with Gasteiger partial charge in [0.2, 0.25) is 5.91 Å². The van der Waals surface area contributed by atoms with E-state index < -0.39 is 35.8 Å². The van der Waals surface area contributed by atoms with Crippen LogP contribution in [0.25, 0.3) is 10.9 Å². The van der Waals surface area contributed by atoms with Crippen LogP contribution in [0.5, 0.6) is 0 Å². The van der Waals surface area contributed by atoms with Gasteiger partial charge in [0, 0.05) is 29.9 Å². The molecule has 192 valence electrons. The van der Waals surface area contributed by atoms with E-state index in [9.17, 15) is 19.2 Å². The average molecular weight is 510 g/mol. The average Bonchev–Trinajstić information content (AvgIpc) is 3.46. The van der Waals surface area contributed by atoms with Gasteiger partial charge >= 0.3 is 5.97 Å². The van der Waals surface area contributed by atoms with Gasteiger partial charge in [0.15, 0.2) is 0 Å². The van der Waals surface area contributed by atoms with Gasteiger partial charge in [-0.3, -0.25) is 19.3 Å². The molecule has 3 aromatic carbocycles. The highest BCUT2D eigenvalue weighted by Gasteiger charge is 2.43. The van der Waals surface area contributed by atoms with Crippen LogP contribution in [0.3, 0.4) is 0 Å². The molecule has 0 saturated carbocycles. The summed E-state index contributed by atoms with van der Waals surface area (Å²) in [7, 11) is 0. The van der Waals surface area contributed by atoms with Gasteiger partial charge in [-0.2, -0.15) is 0 Å². The molecule has 1 aliphatic rings. The molecule has 8 nitrogen and oxygen atoms in total. The summed E-state index contributed by atoms with van der Waals surface area (Å²) in [5.74, 6) is -2.27. The Bertz CT molecular complexity index is 1480. The molecule has 1 aromatic heterocycles.